The average Bonchev–Trinajstić information content (AvgIpc) is 2.56. The van der Waals surface area contributed by atoms with Crippen LogP contribution in [0.1, 0.15) is 18.1 Å². The number of ether oxygens (including phenoxy) is 2. The molecule has 0 aromatic heterocycles. The number of isothiocyanates is 1. The molecular weight excluding hydrogens is 345 g/mol. The quantitative estimate of drug-likeness (QED) is 0.588. The van der Waals surface area contributed by atoms with Crippen LogP contribution in [0, 0.1) is 12.7 Å². The first-order chi connectivity index (χ1) is 11.9. The summed E-state index contributed by atoms with van der Waals surface area (Å²) >= 11 is 4.45. The van der Waals surface area contributed by atoms with E-state index in [0.717, 1.165) is 5.56 Å². The fourth-order valence-corrected chi connectivity index (χ4v) is 2.11. The van der Waals surface area contributed by atoms with E-state index >= 15 is 0 Å². The summed E-state index contributed by atoms with van der Waals surface area (Å²) in [6.45, 7) is 3.41. The number of nitrogens with zero attached hydrogens (tertiary/aromatic N) is 1. The van der Waals surface area contributed by atoms with Gasteiger partial charge in [-0.3, -0.25) is 0 Å². The molecule has 1 atom stereocenters. The van der Waals surface area contributed by atoms with Crippen molar-refractivity contribution in [1.82, 2.24) is 0 Å². The number of carboxylic acid groups (broad SMARTS) is 1. The fourth-order valence-electron chi connectivity index (χ4n) is 2.01. The van der Waals surface area contributed by atoms with E-state index < -0.39 is 17.9 Å². The van der Waals surface area contributed by atoms with Crippen LogP contribution in [0.5, 0.6) is 11.5 Å². The molecule has 1 unspecified atom stereocenters. The van der Waals surface area contributed by atoms with Gasteiger partial charge in [-0.15, -0.1) is 0 Å². The molecule has 1 N–H and O–H groups in total. The molecule has 2 rings (SSSR count). The molecule has 7 heteroatoms. The summed E-state index contributed by atoms with van der Waals surface area (Å²) < 4.78 is 24.8. The van der Waals surface area contributed by atoms with Crippen LogP contribution >= 0.6 is 12.2 Å². The van der Waals surface area contributed by atoms with Crippen molar-refractivity contribution >= 4 is 29.0 Å². The van der Waals surface area contributed by atoms with Crippen LogP contribution in [0.3, 0.4) is 0 Å². The van der Waals surface area contributed by atoms with Gasteiger partial charge in [-0.25, -0.2) is 9.18 Å². The van der Waals surface area contributed by atoms with E-state index in [4.69, 9.17) is 14.6 Å². The first-order valence-electron chi connectivity index (χ1n) is 7.40. The fraction of sp³-hybridized carbons (Fsp3) is 0.222. The maximum absolute atomic E-state index is 13.8. The van der Waals surface area contributed by atoms with Crippen molar-refractivity contribution in [3.8, 4) is 11.5 Å². The number of rotatable bonds is 7. The van der Waals surface area contributed by atoms with Crippen molar-refractivity contribution in [2.75, 3.05) is 0 Å². The Morgan fingerprint density at radius 3 is 2.76 bits per heavy atom. The molecule has 0 fully saturated rings. The number of aliphatic carboxylic acids is 1. The van der Waals surface area contributed by atoms with Gasteiger partial charge in [0.1, 0.15) is 23.8 Å². The number of aliphatic imine (C=N–C) groups is 1. The van der Waals surface area contributed by atoms with E-state index in [0.29, 0.717) is 17.1 Å². The SMILES string of the molecule is Cc1ccc(COc2ccc(N=C=S)c(F)c2)c(OC(C)C(=O)O)c1. The van der Waals surface area contributed by atoms with Crippen molar-refractivity contribution in [1.29, 1.82) is 0 Å². The number of carbonyl (C=O) groups is 1. The van der Waals surface area contributed by atoms with Gasteiger partial charge in [0.15, 0.2) is 11.9 Å². The number of thiocarbonyl (C=S) groups is 1. The van der Waals surface area contributed by atoms with Crippen LogP contribution in [-0.2, 0) is 11.4 Å². The smallest absolute Gasteiger partial charge is 0.344 e. The van der Waals surface area contributed by atoms with Crippen molar-refractivity contribution in [2.45, 2.75) is 26.6 Å². The predicted octanol–water partition coefficient (Wildman–Crippen LogP) is 4.30. The first kappa shape index (κ1) is 18.6. The third kappa shape index (κ3) is 5.11. The van der Waals surface area contributed by atoms with Gasteiger partial charge in [0, 0.05) is 11.6 Å². The minimum absolute atomic E-state index is 0.0805. The summed E-state index contributed by atoms with van der Waals surface area (Å²) in [5.41, 5.74) is 1.65. The minimum Gasteiger partial charge on any atom is -0.489 e. The first-order valence-corrected chi connectivity index (χ1v) is 7.80. The van der Waals surface area contributed by atoms with Crippen LogP contribution in [0.4, 0.5) is 10.1 Å². The van der Waals surface area contributed by atoms with Gasteiger partial charge in [-0.1, -0.05) is 12.1 Å². The van der Waals surface area contributed by atoms with Crippen LogP contribution in [-0.4, -0.2) is 22.3 Å². The summed E-state index contributed by atoms with van der Waals surface area (Å²) in [6.07, 6.45) is -0.996. The molecule has 0 aliphatic rings. The molecule has 0 radical (unpaired) electrons. The van der Waals surface area contributed by atoms with E-state index in [1.807, 2.05) is 13.0 Å². The zero-order valence-electron chi connectivity index (χ0n) is 13.7. The van der Waals surface area contributed by atoms with E-state index in [1.165, 1.54) is 19.1 Å². The Morgan fingerprint density at radius 1 is 1.36 bits per heavy atom. The maximum atomic E-state index is 13.8. The highest BCUT2D eigenvalue weighted by molar-refractivity contribution is 7.78. The molecule has 0 aliphatic carbocycles. The van der Waals surface area contributed by atoms with Crippen molar-refractivity contribution < 1.29 is 23.8 Å². The Hall–Kier alpha value is -2.76. The molecule has 0 heterocycles. The molecule has 0 spiro atoms. The Bertz CT molecular complexity index is 834. The third-order valence-corrected chi connectivity index (χ3v) is 3.45. The van der Waals surface area contributed by atoms with Gasteiger partial charge in [0.05, 0.1) is 5.16 Å². The lowest BCUT2D eigenvalue weighted by molar-refractivity contribution is -0.144. The monoisotopic (exact) mass is 361 g/mol. The Labute approximate surface area is 149 Å². The van der Waals surface area contributed by atoms with Crippen LogP contribution < -0.4 is 9.47 Å². The van der Waals surface area contributed by atoms with Gasteiger partial charge in [0.25, 0.3) is 0 Å². The largest absolute Gasteiger partial charge is 0.489 e. The van der Waals surface area contributed by atoms with Gasteiger partial charge < -0.3 is 14.6 Å². The second-order valence-electron chi connectivity index (χ2n) is 5.31. The molecule has 5 nitrogen and oxygen atoms in total. The maximum Gasteiger partial charge on any atom is 0.344 e. The lowest BCUT2D eigenvalue weighted by Gasteiger charge is -2.16. The van der Waals surface area contributed by atoms with Crippen molar-refractivity contribution in [2.24, 2.45) is 4.99 Å². The Balaban J connectivity index is 2.16. The summed E-state index contributed by atoms with van der Waals surface area (Å²) in [5, 5.41) is 11.1. The number of carboxylic acids is 1. The van der Waals surface area contributed by atoms with Gasteiger partial charge in [-0.05, 0) is 49.8 Å². The minimum atomic E-state index is -1.06. The lowest BCUT2D eigenvalue weighted by Crippen LogP contribution is -2.23. The highest BCUT2D eigenvalue weighted by Gasteiger charge is 2.15. The number of halogens is 1. The van der Waals surface area contributed by atoms with Gasteiger partial charge >= 0.3 is 5.97 Å². The van der Waals surface area contributed by atoms with Crippen molar-refractivity contribution in [3.05, 3.63) is 53.3 Å². The lowest BCUT2D eigenvalue weighted by atomic mass is 10.1. The molecule has 2 aromatic carbocycles. The number of aryl methyl sites for hydroxylation is 1. The molecule has 0 amide bonds. The Kier molecular flexibility index (Phi) is 6.22. The van der Waals surface area contributed by atoms with Crippen molar-refractivity contribution in [3.63, 3.8) is 0 Å². The topological polar surface area (TPSA) is 68.1 Å². The second-order valence-corrected chi connectivity index (χ2v) is 5.50. The Morgan fingerprint density at radius 2 is 2.12 bits per heavy atom. The molecule has 25 heavy (non-hydrogen) atoms. The summed E-state index contributed by atoms with van der Waals surface area (Å²) in [6, 6.07) is 9.55. The summed E-state index contributed by atoms with van der Waals surface area (Å²) in [4.78, 5) is 14.6. The zero-order valence-corrected chi connectivity index (χ0v) is 14.5. The molecule has 2 aromatic rings. The van der Waals surface area contributed by atoms with Crippen LogP contribution in [0.25, 0.3) is 0 Å². The van der Waals surface area contributed by atoms with E-state index in [1.54, 1.807) is 18.2 Å². The normalized spacial score (nSPS) is 11.3. The molecule has 0 bridgehead atoms. The molecular formula is C18H16FNO4S. The zero-order chi connectivity index (χ0) is 18.4. The number of hydrogen-bond donors (Lipinski definition) is 1. The summed E-state index contributed by atoms with van der Waals surface area (Å²) in [5.74, 6) is -0.921. The van der Waals surface area contributed by atoms with E-state index in [9.17, 15) is 9.18 Å². The number of benzene rings is 2. The molecule has 0 aliphatic heterocycles. The molecule has 0 saturated heterocycles. The van der Waals surface area contributed by atoms with Gasteiger partial charge in [-0.2, -0.15) is 4.99 Å². The highest BCUT2D eigenvalue weighted by atomic mass is 32.1. The predicted molar refractivity (Wildman–Crippen MR) is 94.3 cm³/mol. The highest BCUT2D eigenvalue weighted by Crippen LogP contribution is 2.26. The molecule has 0 saturated carbocycles. The van der Waals surface area contributed by atoms with Gasteiger partial charge in [0.2, 0.25) is 0 Å². The number of hydrogen-bond acceptors (Lipinski definition) is 5. The average molecular weight is 361 g/mol. The second kappa shape index (κ2) is 8.37. The van der Waals surface area contributed by atoms with Crippen LogP contribution in [0.2, 0.25) is 0 Å². The van der Waals surface area contributed by atoms with E-state index in [-0.39, 0.29) is 12.3 Å². The van der Waals surface area contributed by atoms with E-state index in [2.05, 4.69) is 22.4 Å². The third-order valence-electron chi connectivity index (χ3n) is 3.35. The molecule has 130 valence electrons. The standard InChI is InChI=1S/C18H16FNO4S/c1-11-3-4-13(17(7-11)24-12(2)18(21)22)9-23-14-5-6-16(20-10-25)15(19)8-14/h3-8,12H,9H2,1-2H3,(H,21,22). The summed E-state index contributed by atoms with van der Waals surface area (Å²) in [7, 11) is 0. The van der Waals surface area contributed by atoms with Crippen LogP contribution in [0.15, 0.2) is 41.4 Å².